The van der Waals surface area contributed by atoms with Gasteiger partial charge in [0.25, 0.3) is 5.91 Å². The highest BCUT2D eigenvalue weighted by molar-refractivity contribution is 14.1. The first-order valence-corrected chi connectivity index (χ1v) is 9.27. The second-order valence-electron chi connectivity index (χ2n) is 5.50. The maximum absolute atomic E-state index is 12.0. The van der Waals surface area contributed by atoms with Gasteiger partial charge in [0.1, 0.15) is 4.88 Å². The van der Waals surface area contributed by atoms with Crippen LogP contribution in [0.5, 0.6) is 0 Å². The summed E-state index contributed by atoms with van der Waals surface area (Å²) in [6.45, 7) is 1.66. The van der Waals surface area contributed by atoms with Crippen molar-refractivity contribution < 1.29 is 14.3 Å². The van der Waals surface area contributed by atoms with Crippen LogP contribution in [0, 0.1) is 10.5 Å². The lowest BCUT2D eigenvalue weighted by Gasteiger charge is -2.09. The van der Waals surface area contributed by atoms with E-state index in [2.05, 4.69) is 27.9 Å². The number of thiophene rings is 1. The zero-order valence-corrected chi connectivity index (χ0v) is 15.6. The van der Waals surface area contributed by atoms with Crippen molar-refractivity contribution in [1.29, 1.82) is 0 Å². The highest BCUT2D eigenvalue weighted by Gasteiger charge is 2.20. The van der Waals surface area contributed by atoms with Crippen molar-refractivity contribution in [3.05, 3.63) is 48.7 Å². The second kappa shape index (κ2) is 7.00. The van der Waals surface area contributed by atoms with E-state index in [0.29, 0.717) is 4.88 Å². The first-order valence-electron chi connectivity index (χ1n) is 7.37. The SMILES string of the molecule is Cc1cc(I)ccc1NC(=O)COC(=O)c1cc2c(s1)CCC2. The summed E-state index contributed by atoms with van der Waals surface area (Å²) in [5.74, 6) is -0.745. The van der Waals surface area contributed by atoms with Crippen molar-refractivity contribution in [2.24, 2.45) is 0 Å². The van der Waals surface area contributed by atoms with Crippen molar-refractivity contribution in [3.8, 4) is 0 Å². The van der Waals surface area contributed by atoms with E-state index in [0.717, 1.165) is 34.1 Å². The predicted octanol–water partition coefficient (Wildman–Crippen LogP) is 3.95. The summed E-state index contributed by atoms with van der Waals surface area (Å²) in [6.07, 6.45) is 3.24. The van der Waals surface area contributed by atoms with Crippen molar-refractivity contribution >= 4 is 51.5 Å². The molecule has 2 aromatic rings. The molecular formula is C17H16INO3S. The van der Waals surface area contributed by atoms with Crippen LogP contribution in [0.3, 0.4) is 0 Å². The summed E-state index contributed by atoms with van der Waals surface area (Å²) < 4.78 is 6.23. The lowest BCUT2D eigenvalue weighted by molar-refractivity contribution is -0.119. The number of hydrogen-bond acceptors (Lipinski definition) is 4. The number of carbonyl (C=O) groups is 2. The minimum absolute atomic E-state index is 0.271. The van der Waals surface area contributed by atoms with Gasteiger partial charge in [0.2, 0.25) is 0 Å². The van der Waals surface area contributed by atoms with Gasteiger partial charge in [0, 0.05) is 14.1 Å². The van der Waals surface area contributed by atoms with E-state index in [-0.39, 0.29) is 12.5 Å². The zero-order valence-electron chi connectivity index (χ0n) is 12.6. The number of amides is 1. The van der Waals surface area contributed by atoms with Crippen LogP contribution in [-0.2, 0) is 22.4 Å². The molecule has 1 aromatic carbocycles. The van der Waals surface area contributed by atoms with Gasteiger partial charge in [-0.2, -0.15) is 0 Å². The van der Waals surface area contributed by atoms with Crippen LogP contribution in [0.1, 0.15) is 32.1 Å². The molecule has 0 atom stereocenters. The molecule has 0 radical (unpaired) electrons. The summed E-state index contributed by atoms with van der Waals surface area (Å²) >= 11 is 3.70. The van der Waals surface area contributed by atoms with Crippen molar-refractivity contribution in [2.45, 2.75) is 26.2 Å². The van der Waals surface area contributed by atoms with Gasteiger partial charge in [-0.25, -0.2) is 4.79 Å². The molecule has 1 heterocycles. The average Bonchev–Trinajstić information content (AvgIpc) is 3.09. The summed E-state index contributed by atoms with van der Waals surface area (Å²) in [5, 5.41) is 2.77. The Kier molecular flexibility index (Phi) is 5.01. The number of benzene rings is 1. The molecule has 0 unspecified atom stereocenters. The summed E-state index contributed by atoms with van der Waals surface area (Å²) in [7, 11) is 0. The molecule has 1 aliphatic rings. The van der Waals surface area contributed by atoms with Crippen molar-refractivity contribution in [2.75, 3.05) is 11.9 Å². The van der Waals surface area contributed by atoms with E-state index in [9.17, 15) is 9.59 Å². The summed E-state index contributed by atoms with van der Waals surface area (Å²) in [4.78, 5) is 25.8. The molecule has 0 aliphatic heterocycles. The number of aryl methyl sites for hydroxylation is 3. The first-order chi connectivity index (χ1) is 11.0. The molecule has 0 bridgehead atoms. The van der Waals surface area contributed by atoms with Crippen LogP contribution >= 0.6 is 33.9 Å². The van der Waals surface area contributed by atoms with Gasteiger partial charge in [-0.05, 0) is 84.2 Å². The third-order valence-electron chi connectivity index (χ3n) is 3.74. The van der Waals surface area contributed by atoms with E-state index in [1.54, 1.807) is 0 Å². The molecule has 0 spiro atoms. The minimum atomic E-state index is -0.418. The Labute approximate surface area is 152 Å². The zero-order chi connectivity index (χ0) is 16.4. The smallest absolute Gasteiger partial charge is 0.348 e. The lowest BCUT2D eigenvalue weighted by atomic mass is 10.2. The number of halogens is 1. The number of nitrogens with one attached hydrogen (secondary N) is 1. The van der Waals surface area contributed by atoms with E-state index in [1.807, 2.05) is 31.2 Å². The molecule has 120 valence electrons. The Morgan fingerprint density at radius 3 is 2.87 bits per heavy atom. The largest absolute Gasteiger partial charge is 0.451 e. The molecule has 1 aliphatic carbocycles. The molecule has 6 heteroatoms. The van der Waals surface area contributed by atoms with Crippen LogP contribution in [0.4, 0.5) is 5.69 Å². The third-order valence-corrected chi connectivity index (χ3v) is 5.63. The Hall–Kier alpha value is -1.41. The highest BCUT2D eigenvalue weighted by Crippen LogP contribution is 2.30. The van der Waals surface area contributed by atoms with Gasteiger partial charge < -0.3 is 10.1 Å². The van der Waals surface area contributed by atoms with Crippen molar-refractivity contribution in [1.82, 2.24) is 0 Å². The fourth-order valence-corrected chi connectivity index (χ4v) is 4.38. The molecule has 1 N–H and O–H groups in total. The van der Waals surface area contributed by atoms with Crippen LogP contribution in [0.15, 0.2) is 24.3 Å². The normalized spacial score (nSPS) is 12.8. The average molecular weight is 441 g/mol. The molecule has 23 heavy (non-hydrogen) atoms. The number of hydrogen-bond donors (Lipinski definition) is 1. The molecule has 4 nitrogen and oxygen atoms in total. The van der Waals surface area contributed by atoms with Gasteiger partial charge >= 0.3 is 5.97 Å². The topological polar surface area (TPSA) is 55.4 Å². The maximum atomic E-state index is 12.0. The number of ether oxygens (including phenoxy) is 1. The standard InChI is InChI=1S/C17H16INO3S/c1-10-7-12(18)5-6-13(10)19-16(20)9-22-17(21)15-8-11-3-2-4-14(11)23-15/h5-8H,2-4,9H2,1H3,(H,19,20). The van der Waals surface area contributed by atoms with E-state index in [4.69, 9.17) is 4.74 Å². The Bertz CT molecular complexity index is 748. The highest BCUT2D eigenvalue weighted by atomic mass is 127. The van der Waals surface area contributed by atoms with E-state index in [1.165, 1.54) is 21.8 Å². The number of carbonyl (C=O) groups excluding carboxylic acids is 2. The van der Waals surface area contributed by atoms with Crippen LogP contribution in [0.25, 0.3) is 0 Å². The van der Waals surface area contributed by atoms with Crippen LogP contribution < -0.4 is 5.32 Å². The molecule has 0 fully saturated rings. The molecule has 1 amide bonds. The number of esters is 1. The molecule has 1 aromatic heterocycles. The van der Waals surface area contributed by atoms with Gasteiger partial charge in [0.15, 0.2) is 6.61 Å². The molecule has 0 saturated carbocycles. The van der Waals surface area contributed by atoms with Crippen molar-refractivity contribution in [3.63, 3.8) is 0 Å². The minimum Gasteiger partial charge on any atom is -0.451 e. The predicted molar refractivity (Wildman–Crippen MR) is 99.2 cm³/mol. The fourth-order valence-electron chi connectivity index (χ4n) is 2.59. The number of fused-ring (bicyclic) bond motifs is 1. The van der Waals surface area contributed by atoms with E-state index >= 15 is 0 Å². The summed E-state index contributed by atoms with van der Waals surface area (Å²) in [6, 6.07) is 7.65. The van der Waals surface area contributed by atoms with Gasteiger partial charge in [-0.3, -0.25) is 4.79 Å². The van der Waals surface area contributed by atoms with Crippen LogP contribution in [-0.4, -0.2) is 18.5 Å². The lowest BCUT2D eigenvalue weighted by Crippen LogP contribution is -2.21. The summed E-state index contributed by atoms with van der Waals surface area (Å²) in [5.41, 5.74) is 2.97. The number of anilines is 1. The monoisotopic (exact) mass is 441 g/mol. The second-order valence-corrected chi connectivity index (χ2v) is 7.88. The van der Waals surface area contributed by atoms with Crippen LogP contribution in [0.2, 0.25) is 0 Å². The Morgan fingerprint density at radius 1 is 1.30 bits per heavy atom. The van der Waals surface area contributed by atoms with Gasteiger partial charge in [0.05, 0.1) is 0 Å². The maximum Gasteiger partial charge on any atom is 0.348 e. The van der Waals surface area contributed by atoms with E-state index < -0.39 is 5.97 Å². The Balaban J connectivity index is 1.54. The molecule has 0 saturated heterocycles. The fraction of sp³-hybridized carbons (Fsp3) is 0.294. The van der Waals surface area contributed by atoms with Gasteiger partial charge in [-0.15, -0.1) is 11.3 Å². The quantitative estimate of drug-likeness (QED) is 0.578. The Morgan fingerprint density at radius 2 is 2.13 bits per heavy atom. The first kappa shape index (κ1) is 16.4. The number of rotatable bonds is 4. The third kappa shape index (κ3) is 3.92. The van der Waals surface area contributed by atoms with Gasteiger partial charge in [-0.1, -0.05) is 0 Å². The molecule has 3 rings (SSSR count). The molecular weight excluding hydrogens is 425 g/mol.